The van der Waals surface area contributed by atoms with Crippen LogP contribution < -0.4 is 0 Å². The molecule has 1 aliphatic rings. The maximum atomic E-state index is 5.28. The van der Waals surface area contributed by atoms with Crippen LogP contribution >= 0.6 is 0 Å². The summed E-state index contributed by atoms with van der Waals surface area (Å²) in [7, 11) is 0. The number of aromatic nitrogens is 2. The van der Waals surface area contributed by atoms with E-state index in [0.29, 0.717) is 5.82 Å². The lowest BCUT2D eigenvalue weighted by atomic mass is 9.80. The fourth-order valence-electron chi connectivity index (χ4n) is 9.38. The minimum atomic E-state index is -0.129. The topological polar surface area (TPSA) is 25.8 Å². The van der Waals surface area contributed by atoms with Crippen molar-refractivity contribution in [2.75, 3.05) is 0 Å². The molecule has 0 amide bonds. The Hall–Kier alpha value is -7.16. The van der Waals surface area contributed by atoms with Crippen molar-refractivity contribution in [1.82, 2.24) is 9.97 Å². The zero-order chi connectivity index (χ0) is 38.1. The van der Waals surface area contributed by atoms with E-state index >= 15 is 0 Å². The molecule has 11 rings (SSSR count). The van der Waals surface area contributed by atoms with Gasteiger partial charge in [0, 0.05) is 22.1 Å². The van der Waals surface area contributed by atoms with Gasteiger partial charge < -0.3 is 0 Å². The maximum absolute atomic E-state index is 5.28. The first kappa shape index (κ1) is 33.2. The minimum absolute atomic E-state index is 0.129. The van der Waals surface area contributed by atoms with Gasteiger partial charge in [-0.3, -0.25) is 0 Å². The van der Waals surface area contributed by atoms with E-state index < -0.39 is 0 Å². The SMILES string of the molecule is CC1(C)c2cccc(-c3ccc(-c4cc(-c5ccc(-c6cccc7ccccc67)cc5)nc(-c5ccccc5)n4)c4ccccc34)c2-c2ccc3ccccc3c21. The lowest BCUT2D eigenvalue weighted by molar-refractivity contribution is 0.666. The molecule has 0 bridgehead atoms. The lowest BCUT2D eigenvalue weighted by Crippen LogP contribution is -2.15. The second-order valence-corrected chi connectivity index (χ2v) is 15.7. The van der Waals surface area contributed by atoms with E-state index in [1.54, 1.807) is 0 Å². The molecule has 0 spiro atoms. The zero-order valence-electron chi connectivity index (χ0n) is 31.9. The van der Waals surface area contributed by atoms with Gasteiger partial charge in [-0.25, -0.2) is 9.97 Å². The van der Waals surface area contributed by atoms with E-state index in [1.807, 2.05) is 6.07 Å². The highest BCUT2D eigenvalue weighted by molar-refractivity contribution is 6.09. The van der Waals surface area contributed by atoms with Crippen LogP contribution in [-0.4, -0.2) is 9.97 Å². The van der Waals surface area contributed by atoms with Crippen molar-refractivity contribution in [3.05, 3.63) is 205 Å². The molecule has 2 heteroatoms. The van der Waals surface area contributed by atoms with E-state index in [9.17, 15) is 0 Å². The molecule has 1 aliphatic carbocycles. The summed E-state index contributed by atoms with van der Waals surface area (Å²) >= 11 is 0. The van der Waals surface area contributed by atoms with Crippen molar-refractivity contribution in [3.63, 3.8) is 0 Å². The number of nitrogens with zero attached hydrogens (tertiary/aromatic N) is 2. The van der Waals surface area contributed by atoms with Gasteiger partial charge in [-0.05, 0) is 82.9 Å². The normalized spacial score (nSPS) is 12.9. The van der Waals surface area contributed by atoms with E-state index in [2.05, 4.69) is 202 Å². The number of hydrogen-bond acceptors (Lipinski definition) is 2. The second kappa shape index (κ2) is 13.0. The van der Waals surface area contributed by atoms with E-state index in [1.165, 1.54) is 76.8 Å². The molecule has 57 heavy (non-hydrogen) atoms. The van der Waals surface area contributed by atoms with Gasteiger partial charge >= 0.3 is 0 Å². The highest BCUT2D eigenvalue weighted by atomic mass is 14.9. The van der Waals surface area contributed by atoms with E-state index in [-0.39, 0.29) is 5.41 Å². The molecule has 10 aromatic rings. The molecule has 0 aliphatic heterocycles. The molecule has 0 unspecified atom stereocenters. The van der Waals surface area contributed by atoms with Crippen molar-refractivity contribution in [2.24, 2.45) is 0 Å². The third-order valence-electron chi connectivity index (χ3n) is 12.1. The maximum Gasteiger partial charge on any atom is 0.160 e. The van der Waals surface area contributed by atoms with E-state index in [0.717, 1.165) is 28.1 Å². The molecule has 0 atom stereocenters. The van der Waals surface area contributed by atoms with Crippen molar-refractivity contribution >= 4 is 32.3 Å². The van der Waals surface area contributed by atoms with Crippen molar-refractivity contribution in [1.29, 1.82) is 0 Å². The Morgan fingerprint density at radius 1 is 0.351 bits per heavy atom. The Labute approximate surface area is 332 Å². The smallest absolute Gasteiger partial charge is 0.160 e. The molecule has 1 heterocycles. The van der Waals surface area contributed by atoms with Gasteiger partial charge in [-0.2, -0.15) is 0 Å². The monoisotopic (exact) mass is 726 g/mol. The molecule has 0 saturated carbocycles. The average Bonchev–Trinajstić information content (AvgIpc) is 3.52. The quantitative estimate of drug-likeness (QED) is 0.176. The summed E-state index contributed by atoms with van der Waals surface area (Å²) in [4.78, 5) is 10.5. The first-order chi connectivity index (χ1) is 28.0. The van der Waals surface area contributed by atoms with Crippen LogP contribution in [0.5, 0.6) is 0 Å². The summed E-state index contributed by atoms with van der Waals surface area (Å²) < 4.78 is 0. The Morgan fingerprint density at radius 3 is 1.70 bits per heavy atom. The summed E-state index contributed by atoms with van der Waals surface area (Å²) in [6, 6.07) is 70.0. The number of fused-ring (bicyclic) bond motifs is 7. The molecule has 2 nitrogen and oxygen atoms in total. The lowest BCUT2D eigenvalue weighted by Gasteiger charge is -2.23. The van der Waals surface area contributed by atoms with Gasteiger partial charge in [0.25, 0.3) is 0 Å². The van der Waals surface area contributed by atoms with Crippen LogP contribution in [0.1, 0.15) is 25.0 Å². The molecular formula is C55H38N2. The molecule has 0 radical (unpaired) electrons. The summed E-state index contributed by atoms with van der Waals surface area (Å²) in [6.07, 6.45) is 0. The predicted octanol–water partition coefficient (Wildman–Crippen LogP) is 14.6. The van der Waals surface area contributed by atoms with Gasteiger partial charge in [0.15, 0.2) is 5.82 Å². The summed E-state index contributed by atoms with van der Waals surface area (Å²) in [5, 5.41) is 7.48. The number of hydrogen-bond donors (Lipinski definition) is 0. The predicted molar refractivity (Wildman–Crippen MR) is 239 cm³/mol. The molecule has 0 N–H and O–H groups in total. The highest BCUT2D eigenvalue weighted by Crippen LogP contribution is 2.55. The van der Waals surface area contributed by atoms with Gasteiger partial charge in [-0.15, -0.1) is 0 Å². The molecule has 0 fully saturated rings. The summed E-state index contributed by atoms with van der Waals surface area (Å²) in [5.41, 5.74) is 15.1. The van der Waals surface area contributed by atoms with Crippen LogP contribution in [0, 0.1) is 0 Å². The first-order valence-electron chi connectivity index (χ1n) is 19.7. The Morgan fingerprint density at radius 2 is 0.912 bits per heavy atom. The van der Waals surface area contributed by atoms with Gasteiger partial charge in [0.05, 0.1) is 11.4 Å². The molecule has 1 aromatic heterocycles. The second-order valence-electron chi connectivity index (χ2n) is 15.7. The van der Waals surface area contributed by atoms with Crippen LogP contribution in [-0.2, 0) is 5.41 Å². The third kappa shape index (κ3) is 5.33. The van der Waals surface area contributed by atoms with Crippen LogP contribution in [0.2, 0.25) is 0 Å². The molecule has 268 valence electrons. The van der Waals surface area contributed by atoms with Crippen LogP contribution in [0.3, 0.4) is 0 Å². The van der Waals surface area contributed by atoms with Crippen LogP contribution in [0.15, 0.2) is 194 Å². The minimum Gasteiger partial charge on any atom is -0.228 e. The fourth-order valence-corrected chi connectivity index (χ4v) is 9.38. The van der Waals surface area contributed by atoms with Gasteiger partial charge in [0.2, 0.25) is 0 Å². The molecule has 0 saturated heterocycles. The first-order valence-corrected chi connectivity index (χ1v) is 19.7. The largest absolute Gasteiger partial charge is 0.228 e. The van der Waals surface area contributed by atoms with Crippen LogP contribution in [0.25, 0.3) is 99.6 Å². The highest BCUT2D eigenvalue weighted by Gasteiger charge is 2.38. The fraction of sp³-hybridized carbons (Fsp3) is 0.0545. The summed E-state index contributed by atoms with van der Waals surface area (Å²) in [5.74, 6) is 0.710. The zero-order valence-corrected chi connectivity index (χ0v) is 31.9. The van der Waals surface area contributed by atoms with Gasteiger partial charge in [0.1, 0.15) is 0 Å². The third-order valence-corrected chi connectivity index (χ3v) is 12.1. The van der Waals surface area contributed by atoms with Crippen molar-refractivity contribution in [2.45, 2.75) is 19.3 Å². The molecular weight excluding hydrogens is 689 g/mol. The van der Waals surface area contributed by atoms with Crippen molar-refractivity contribution < 1.29 is 0 Å². The molecule has 9 aromatic carbocycles. The number of rotatable bonds is 5. The van der Waals surface area contributed by atoms with Crippen molar-refractivity contribution in [3.8, 4) is 67.3 Å². The Bertz CT molecular complexity index is 3190. The average molecular weight is 727 g/mol. The number of benzene rings is 9. The van der Waals surface area contributed by atoms with E-state index in [4.69, 9.17) is 9.97 Å². The van der Waals surface area contributed by atoms with Gasteiger partial charge in [-0.1, -0.05) is 202 Å². The Balaban J connectivity index is 1.07. The Kier molecular flexibility index (Phi) is 7.55. The van der Waals surface area contributed by atoms with Crippen LogP contribution in [0.4, 0.5) is 0 Å². The standard InChI is InChI=1S/C55H38N2/c1-55(2)49-25-13-24-47(52(49)48-31-30-36-15-7-9-20-42(36)53(48)55)45-32-33-46(44-22-11-10-21-43(44)45)51-34-50(56-54(57-51)39-16-4-3-5-17-39)38-28-26-37(27-29-38)41-23-12-18-35-14-6-8-19-40(35)41/h3-34H,1-2H3. The summed E-state index contributed by atoms with van der Waals surface area (Å²) in [6.45, 7) is 4.76.